The lowest BCUT2D eigenvalue weighted by Crippen LogP contribution is -2.20. The molecule has 1 rings (SSSR count). The number of hydrogen-bond donors (Lipinski definition) is 2. The Kier molecular flexibility index (Phi) is 4.67. The Morgan fingerprint density at radius 2 is 2.33 bits per heavy atom. The molecule has 1 unspecified atom stereocenters. The molecule has 0 aliphatic heterocycles. The largest absolute Gasteiger partial charge is 0.508 e. The number of halogens is 1. The van der Waals surface area contributed by atoms with Gasteiger partial charge in [0.15, 0.2) is 0 Å². The summed E-state index contributed by atoms with van der Waals surface area (Å²) >= 11 is 3.38. The van der Waals surface area contributed by atoms with Crippen molar-refractivity contribution < 1.29 is 5.11 Å². The van der Waals surface area contributed by atoms with Gasteiger partial charge in [0.05, 0.1) is 6.54 Å². The van der Waals surface area contributed by atoms with Crippen LogP contribution in [0.2, 0.25) is 0 Å². The van der Waals surface area contributed by atoms with Gasteiger partial charge in [0.1, 0.15) is 5.75 Å². The molecule has 0 aliphatic rings. The Bertz CT molecular complexity index is 370. The molecule has 3 heteroatoms. The standard InChI is InChI=1S/C12H14BrNO/c1-3-7-14-11(4-2)10-8-9(13)5-6-12(10)15/h1,5-6,8,11,14-15H,4,7H2,2H3. The van der Waals surface area contributed by atoms with Crippen molar-refractivity contribution in [3.8, 4) is 18.1 Å². The summed E-state index contributed by atoms with van der Waals surface area (Å²) in [5.41, 5.74) is 0.877. The fourth-order valence-electron chi connectivity index (χ4n) is 1.46. The Labute approximate surface area is 98.8 Å². The first kappa shape index (κ1) is 12.1. The monoisotopic (exact) mass is 267 g/mol. The van der Waals surface area contributed by atoms with Crippen LogP contribution in [0.1, 0.15) is 24.9 Å². The number of phenols is 1. The lowest BCUT2D eigenvalue weighted by molar-refractivity contribution is 0.447. The van der Waals surface area contributed by atoms with Crippen LogP contribution in [0.15, 0.2) is 22.7 Å². The second-order valence-electron chi connectivity index (χ2n) is 3.25. The van der Waals surface area contributed by atoms with Gasteiger partial charge in [-0.3, -0.25) is 5.32 Å². The van der Waals surface area contributed by atoms with Crippen molar-refractivity contribution in [1.29, 1.82) is 0 Å². The second kappa shape index (κ2) is 5.79. The molecule has 0 fully saturated rings. The number of terminal acetylenes is 1. The molecule has 1 aromatic rings. The minimum atomic E-state index is 0.0959. The zero-order valence-corrected chi connectivity index (χ0v) is 10.2. The Balaban J connectivity index is 2.91. The van der Waals surface area contributed by atoms with Gasteiger partial charge in [-0.25, -0.2) is 0 Å². The first-order chi connectivity index (χ1) is 7.19. The summed E-state index contributed by atoms with van der Waals surface area (Å²) < 4.78 is 0.955. The van der Waals surface area contributed by atoms with Crippen molar-refractivity contribution in [2.45, 2.75) is 19.4 Å². The first-order valence-corrected chi connectivity index (χ1v) is 5.63. The molecule has 0 saturated carbocycles. The van der Waals surface area contributed by atoms with E-state index in [9.17, 15) is 5.11 Å². The molecule has 80 valence electrons. The molecular weight excluding hydrogens is 254 g/mol. The lowest BCUT2D eigenvalue weighted by atomic mass is 10.0. The van der Waals surface area contributed by atoms with Gasteiger partial charge in [0.2, 0.25) is 0 Å². The molecule has 1 atom stereocenters. The van der Waals surface area contributed by atoms with Crippen LogP contribution in [0.25, 0.3) is 0 Å². The van der Waals surface area contributed by atoms with Gasteiger partial charge in [-0.05, 0) is 24.6 Å². The number of benzene rings is 1. The molecule has 0 heterocycles. The summed E-state index contributed by atoms with van der Waals surface area (Å²) in [5.74, 6) is 2.83. The maximum Gasteiger partial charge on any atom is 0.120 e. The average Bonchev–Trinajstić information content (AvgIpc) is 2.24. The van der Waals surface area contributed by atoms with Gasteiger partial charge >= 0.3 is 0 Å². The summed E-state index contributed by atoms with van der Waals surface area (Å²) in [6.45, 7) is 2.55. The highest BCUT2D eigenvalue weighted by atomic mass is 79.9. The predicted octanol–water partition coefficient (Wildman–Crippen LogP) is 2.83. The quantitative estimate of drug-likeness (QED) is 0.823. The van der Waals surface area contributed by atoms with Crippen LogP contribution in [0.5, 0.6) is 5.75 Å². The van der Waals surface area contributed by atoms with E-state index in [-0.39, 0.29) is 6.04 Å². The number of phenolic OH excluding ortho intramolecular Hbond substituents is 1. The molecule has 0 bridgehead atoms. The van der Waals surface area contributed by atoms with Gasteiger partial charge < -0.3 is 5.11 Å². The third kappa shape index (κ3) is 3.26. The molecular formula is C12H14BrNO. The molecule has 0 aliphatic carbocycles. The number of rotatable bonds is 4. The zero-order valence-electron chi connectivity index (χ0n) is 8.63. The molecule has 0 spiro atoms. The van der Waals surface area contributed by atoms with Gasteiger partial charge in [0.25, 0.3) is 0 Å². The minimum absolute atomic E-state index is 0.0959. The normalized spacial score (nSPS) is 12.1. The lowest BCUT2D eigenvalue weighted by Gasteiger charge is -2.17. The van der Waals surface area contributed by atoms with Crippen molar-refractivity contribution in [3.05, 3.63) is 28.2 Å². The molecule has 15 heavy (non-hydrogen) atoms. The van der Waals surface area contributed by atoms with Gasteiger partial charge in [-0.2, -0.15) is 0 Å². The van der Waals surface area contributed by atoms with E-state index < -0.39 is 0 Å². The van der Waals surface area contributed by atoms with E-state index in [0.29, 0.717) is 12.3 Å². The number of nitrogens with one attached hydrogen (secondary N) is 1. The van der Waals surface area contributed by atoms with Gasteiger partial charge in [-0.15, -0.1) is 6.42 Å². The average molecular weight is 268 g/mol. The summed E-state index contributed by atoms with van der Waals surface area (Å²) in [6.07, 6.45) is 6.07. The molecule has 1 aromatic carbocycles. The van der Waals surface area contributed by atoms with Crippen LogP contribution in [0, 0.1) is 12.3 Å². The molecule has 2 nitrogen and oxygen atoms in total. The first-order valence-electron chi connectivity index (χ1n) is 4.84. The molecule has 0 radical (unpaired) electrons. The van der Waals surface area contributed by atoms with E-state index in [1.807, 2.05) is 12.1 Å². The maximum atomic E-state index is 9.72. The molecule has 0 amide bonds. The molecule has 0 aromatic heterocycles. The van der Waals surface area contributed by atoms with Crippen molar-refractivity contribution in [2.24, 2.45) is 0 Å². The van der Waals surface area contributed by atoms with Crippen molar-refractivity contribution in [1.82, 2.24) is 5.32 Å². The predicted molar refractivity (Wildman–Crippen MR) is 65.7 cm³/mol. The van der Waals surface area contributed by atoms with Crippen LogP contribution in [0.3, 0.4) is 0 Å². The third-order valence-corrected chi connectivity index (χ3v) is 2.72. The van der Waals surface area contributed by atoms with Crippen LogP contribution in [0.4, 0.5) is 0 Å². The van der Waals surface area contributed by atoms with Crippen LogP contribution < -0.4 is 5.32 Å². The fraction of sp³-hybridized carbons (Fsp3) is 0.333. The van der Waals surface area contributed by atoms with E-state index in [0.717, 1.165) is 16.5 Å². The summed E-state index contributed by atoms with van der Waals surface area (Å²) in [7, 11) is 0. The fourth-order valence-corrected chi connectivity index (χ4v) is 1.84. The van der Waals surface area contributed by atoms with Crippen molar-refractivity contribution >= 4 is 15.9 Å². The summed E-state index contributed by atoms with van der Waals surface area (Å²) in [5, 5.41) is 12.9. The number of hydrogen-bond acceptors (Lipinski definition) is 2. The smallest absolute Gasteiger partial charge is 0.120 e. The molecule has 0 saturated heterocycles. The Hall–Kier alpha value is -0.980. The highest BCUT2D eigenvalue weighted by molar-refractivity contribution is 9.10. The van der Waals surface area contributed by atoms with Gasteiger partial charge in [-0.1, -0.05) is 28.8 Å². The Morgan fingerprint density at radius 3 is 2.93 bits per heavy atom. The number of aromatic hydroxyl groups is 1. The minimum Gasteiger partial charge on any atom is -0.508 e. The van der Waals surface area contributed by atoms with Crippen molar-refractivity contribution in [2.75, 3.05) is 6.54 Å². The van der Waals surface area contributed by atoms with Crippen LogP contribution >= 0.6 is 15.9 Å². The SMILES string of the molecule is C#CCNC(CC)c1cc(Br)ccc1O. The van der Waals surface area contributed by atoms with Gasteiger partial charge in [0, 0.05) is 16.1 Å². The van der Waals surface area contributed by atoms with E-state index in [4.69, 9.17) is 6.42 Å². The molecule has 2 N–H and O–H groups in total. The van der Waals surface area contributed by atoms with E-state index in [2.05, 4.69) is 34.1 Å². The highest BCUT2D eigenvalue weighted by Crippen LogP contribution is 2.29. The van der Waals surface area contributed by atoms with Crippen LogP contribution in [-0.4, -0.2) is 11.7 Å². The van der Waals surface area contributed by atoms with E-state index in [1.165, 1.54) is 0 Å². The Morgan fingerprint density at radius 1 is 1.60 bits per heavy atom. The summed E-state index contributed by atoms with van der Waals surface area (Å²) in [4.78, 5) is 0. The summed E-state index contributed by atoms with van der Waals surface area (Å²) in [6, 6.07) is 5.50. The second-order valence-corrected chi connectivity index (χ2v) is 4.16. The van der Waals surface area contributed by atoms with Crippen LogP contribution in [-0.2, 0) is 0 Å². The van der Waals surface area contributed by atoms with E-state index in [1.54, 1.807) is 6.07 Å². The topological polar surface area (TPSA) is 32.3 Å². The highest BCUT2D eigenvalue weighted by Gasteiger charge is 2.12. The third-order valence-electron chi connectivity index (χ3n) is 2.22. The zero-order chi connectivity index (χ0) is 11.3. The van der Waals surface area contributed by atoms with Crippen molar-refractivity contribution in [3.63, 3.8) is 0 Å². The van der Waals surface area contributed by atoms with E-state index >= 15 is 0 Å². The maximum absolute atomic E-state index is 9.72.